The molecule has 0 N–H and O–H groups in total. The Hall–Kier alpha value is -2.34. The molecular formula is C18H12Cl2F2N4O3S2. The Labute approximate surface area is 188 Å². The standard InChI is InChI=1S/C18H12Cl2F2N4O3S2/c1-9-24-26(18(27)25(9)16(21)22)14-7-13-15(6-12(14)20)30-17(23-13)31(28,29)8-10-4-2-3-5-11(10)19/h2-7,16H,8H2,1H3. The van der Waals surface area contributed by atoms with Gasteiger partial charge >= 0.3 is 12.2 Å². The van der Waals surface area contributed by atoms with E-state index in [1.165, 1.54) is 19.1 Å². The minimum atomic E-state index is -3.82. The summed E-state index contributed by atoms with van der Waals surface area (Å²) in [5.74, 6) is -0.540. The van der Waals surface area contributed by atoms with Gasteiger partial charge in [0, 0.05) is 5.02 Å². The molecule has 0 spiro atoms. The topological polar surface area (TPSA) is 86.8 Å². The predicted molar refractivity (Wildman–Crippen MR) is 114 cm³/mol. The highest BCUT2D eigenvalue weighted by molar-refractivity contribution is 7.92. The Bertz CT molecular complexity index is 1480. The van der Waals surface area contributed by atoms with Crippen LogP contribution in [-0.4, -0.2) is 27.7 Å². The van der Waals surface area contributed by atoms with E-state index in [1.807, 2.05) is 0 Å². The third kappa shape index (κ3) is 3.98. The molecular weight excluding hydrogens is 493 g/mol. The highest BCUT2D eigenvalue weighted by Gasteiger charge is 2.24. The van der Waals surface area contributed by atoms with Gasteiger partial charge in [-0.15, -0.1) is 16.4 Å². The summed E-state index contributed by atoms with van der Waals surface area (Å²) in [5.41, 5.74) is -0.391. The zero-order chi connectivity index (χ0) is 22.5. The van der Waals surface area contributed by atoms with Crippen molar-refractivity contribution in [3.05, 3.63) is 68.3 Å². The van der Waals surface area contributed by atoms with Gasteiger partial charge in [0.05, 0.1) is 26.7 Å². The molecule has 0 aliphatic heterocycles. The van der Waals surface area contributed by atoms with Gasteiger partial charge in [-0.2, -0.15) is 13.5 Å². The molecule has 0 fully saturated rings. The summed E-state index contributed by atoms with van der Waals surface area (Å²) in [6.07, 6.45) is 0. The molecule has 13 heteroatoms. The minimum Gasteiger partial charge on any atom is -0.245 e. The molecule has 2 aromatic carbocycles. The van der Waals surface area contributed by atoms with Crippen LogP contribution in [0.3, 0.4) is 0 Å². The molecule has 0 unspecified atom stereocenters. The summed E-state index contributed by atoms with van der Waals surface area (Å²) in [7, 11) is -3.82. The second-order valence-electron chi connectivity index (χ2n) is 6.49. The molecule has 0 atom stereocenters. The van der Waals surface area contributed by atoms with E-state index in [-0.39, 0.29) is 36.7 Å². The average Bonchev–Trinajstić information content (AvgIpc) is 3.23. The number of fused-ring (bicyclic) bond motifs is 1. The highest BCUT2D eigenvalue weighted by Crippen LogP contribution is 2.33. The van der Waals surface area contributed by atoms with E-state index in [4.69, 9.17) is 23.2 Å². The number of aromatic nitrogens is 4. The van der Waals surface area contributed by atoms with Crippen molar-refractivity contribution in [1.29, 1.82) is 0 Å². The Kier molecular flexibility index (Phi) is 5.63. The molecule has 0 bridgehead atoms. The van der Waals surface area contributed by atoms with E-state index in [0.29, 0.717) is 15.3 Å². The lowest BCUT2D eigenvalue weighted by molar-refractivity contribution is 0.0640. The quantitative estimate of drug-likeness (QED) is 0.395. The second-order valence-corrected chi connectivity index (χ2v) is 10.5. The van der Waals surface area contributed by atoms with E-state index in [0.717, 1.165) is 16.0 Å². The fourth-order valence-electron chi connectivity index (χ4n) is 2.95. The van der Waals surface area contributed by atoms with Gasteiger partial charge < -0.3 is 0 Å². The maximum Gasteiger partial charge on any atom is 0.355 e. The van der Waals surface area contributed by atoms with Gasteiger partial charge in [-0.05, 0) is 30.7 Å². The number of hydrogen-bond acceptors (Lipinski definition) is 6. The summed E-state index contributed by atoms with van der Waals surface area (Å²) in [6, 6.07) is 9.33. The molecule has 7 nitrogen and oxygen atoms in total. The van der Waals surface area contributed by atoms with Crippen molar-refractivity contribution in [2.75, 3.05) is 0 Å². The Morgan fingerprint density at radius 2 is 1.87 bits per heavy atom. The van der Waals surface area contributed by atoms with Crippen LogP contribution in [0.2, 0.25) is 10.0 Å². The number of alkyl halides is 2. The van der Waals surface area contributed by atoms with Crippen LogP contribution in [0.15, 0.2) is 45.5 Å². The van der Waals surface area contributed by atoms with Crippen LogP contribution in [0.5, 0.6) is 0 Å². The molecule has 31 heavy (non-hydrogen) atoms. The summed E-state index contributed by atoms with van der Waals surface area (Å²) in [5, 5.41) is 4.19. The number of aryl methyl sites for hydroxylation is 1. The molecule has 0 saturated heterocycles. The zero-order valence-corrected chi connectivity index (χ0v) is 18.7. The molecule has 0 amide bonds. The minimum absolute atomic E-state index is 0.0158. The van der Waals surface area contributed by atoms with E-state index >= 15 is 0 Å². The van der Waals surface area contributed by atoms with Gasteiger partial charge in [0.2, 0.25) is 14.2 Å². The van der Waals surface area contributed by atoms with Gasteiger partial charge in [0.25, 0.3) is 0 Å². The summed E-state index contributed by atoms with van der Waals surface area (Å²) >= 11 is 13.2. The van der Waals surface area contributed by atoms with Crippen molar-refractivity contribution in [2.45, 2.75) is 23.6 Å². The maximum atomic E-state index is 13.1. The fourth-order valence-corrected chi connectivity index (χ4v) is 6.24. The van der Waals surface area contributed by atoms with Gasteiger partial charge in [-0.1, -0.05) is 41.4 Å². The van der Waals surface area contributed by atoms with Crippen molar-refractivity contribution < 1.29 is 17.2 Å². The normalized spacial score (nSPS) is 12.2. The van der Waals surface area contributed by atoms with Gasteiger partial charge in [-0.3, -0.25) is 0 Å². The molecule has 162 valence electrons. The molecule has 4 rings (SSSR count). The lowest BCUT2D eigenvalue weighted by Crippen LogP contribution is -2.24. The number of benzene rings is 2. The maximum absolute atomic E-state index is 13.1. The molecule has 4 aromatic rings. The van der Waals surface area contributed by atoms with Crippen LogP contribution in [0.4, 0.5) is 8.78 Å². The first-order chi connectivity index (χ1) is 14.6. The van der Waals surface area contributed by atoms with Crippen molar-refractivity contribution in [1.82, 2.24) is 19.3 Å². The fraction of sp³-hybridized carbons (Fsp3) is 0.167. The molecule has 0 aliphatic rings. The predicted octanol–water partition coefficient (Wildman–Crippen LogP) is 4.63. The van der Waals surface area contributed by atoms with Crippen molar-refractivity contribution in [3.63, 3.8) is 0 Å². The third-order valence-electron chi connectivity index (χ3n) is 4.41. The molecule has 0 radical (unpaired) electrons. The van der Waals surface area contributed by atoms with E-state index in [9.17, 15) is 22.0 Å². The van der Waals surface area contributed by atoms with Gasteiger partial charge in [0.1, 0.15) is 5.82 Å². The third-order valence-corrected chi connectivity index (χ3v) is 8.22. The van der Waals surface area contributed by atoms with Crippen LogP contribution in [0.25, 0.3) is 15.9 Å². The first-order valence-electron chi connectivity index (χ1n) is 8.61. The molecule has 0 saturated carbocycles. The number of thiazole rings is 1. The summed E-state index contributed by atoms with van der Waals surface area (Å²) < 4.78 is 53.1. The lowest BCUT2D eigenvalue weighted by Gasteiger charge is -2.03. The lowest BCUT2D eigenvalue weighted by atomic mass is 10.2. The Morgan fingerprint density at radius 1 is 1.16 bits per heavy atom. The molecule has 2 aromatic heterocycles. The monoisotopic (exact) mass is 504 g/mol. The first kappa shape index (κ1) is 21.9. The number of rotatable bonds is 5. The Balaban J connectivity index is 1.79. The average molecular weight is 505 g/mol. The first-order valence-corrected chi connectivity index (χ1v) is 11.8. The van der Waals surface area contributed by atoms with Gasteiger partial charge in [0.15, 0.2) is 0 Å². The van der Waals surface area contributed by atoms with E-state index in [1.54, 1.807) is 24.3 Å². The summed E-state index contributed by atoms with van der Waals surface area (Å²) in [4.78, 5) is 16.5. The SMILES string of the molecule is Cc1nn(-c2cc3nc(S(=O)(=O)Cc4ccccc4Cl)sc3cc2Cl)c(=O)n1C(F)F. The molecule has 0 aliphatic carbocycles. The molecule has 2 heterocycles. The highest BCUT2D eigenvalue weighted by atomic mass is 35.5. The number of halogens is 4. The Morgan fingerprint density at radius 3 is 2.52 bits per heavy atom. The van der Waals surface area contributed by atoms with E-state index in [2.05, 4.69) is 10.1 Å². The summed E-state index contributed by atoms with van der Waals surface area (Å²) in [6.45, 7) is -1.80. The van der Waals surface area contributed by atoms with Crippen LogP contribution >= 0.6 is 34.5 Å². The van der Waals surface area contributed by atoms with Crippen LogP contribution in [0.1, 0.15) is 17.9 Å². The number of sulfone groups is 1. The largest absolute Gasteiger partial charge is 0.355 e. The van der Waals surface area contributed by atoms with Crippen LogP contribution in [-0.2, 0) is 15.6 Å². The zero-order valence-electron chi connectivity index (χ0n) is 15.6. The smallest absolute Gasteiger partial charge is 0.245 e. The van der Waals surface area contributed by atoms with E-state index < -0.39 is 22.1 Å². The van der Waals surface area contributed by atoms with Crippen molar-refractivity contribution >= 4 is 54.6 Å². The van der Waals surface area contributed by atoms with Gasteiger partial charge in [-0.25, -0.2) is 22.8 Å². The van der Waals surface area contributed by atoms with Crippen molar-refractivity contribution in [3.8, 4) is 5.69 Å². The second kappa shape index (κ2) is 7.97. The number of nitrogens with zero attached hydrogens (tertiary/aromatic N) is 4. The number of hydrogen-bond donors (Lipinski definition) is 0. The van der Waals surface area contributed by atoms with Crippen LogP contribution in [0, 0.1) is 6.92 Å². The van der Waals surface area contributed by atoms with Crippen LogP contribution < -0.4 is 5.69 Å². The van der Waals surface area contributed by atoms with Crippen molar-refractivity contribution in [2.24, 2.45) is 0 Å².